The maximum Gasteiger partial charge on any atom is 0.306 e. The summed E-state index contributed by atoms with van der Waals surface area (Å²) in [5, 5.41) is 7.05. The van der Waals surface area contributed by atoms with E-state index in [-0.39, 0.29) is 25.4 Å². The first-order valence-electron chi connectivity index (χ1n) is 14.1. The minimum Gasteiger partial charge on any atom is -0.469 e. The van der Waals surface area contributed by atoms with Crippen LogP contribution in [0.15, 0.2) is 30.5 Å². The molecule has 12 nitrogen and oxygen atoms in total. The summed E-state index contributed by atoms with van der Waals surface area (Å²) in [6, 6.07) is 7.30. The maximum absolute atomic E-state index is 12.8. The van der Waals surface area contributed by atoms with Gasteiger partial charge in [-0.25, -0.2) is 15.0 Å². The van der Waals surface area contributed by atoms with Gasteiger partial charge < -0.3 is 25.0 Å². The lowest BCUT2D eigenvalue weighted by atomic mass is 10.2. The Morgan fingerprint density at radius 3 is 2.47 bits per heavy atom. The van der Waals surface area contributed by atoms with E-state index in [0.717, 1.165) is 37.6 Å². The molecular formula is C29H38ClN7O5S. The summed E-state index contributed by atoms with van der Waals surface area (Å²) in [6.45, 7) is 11.6. The fraction of sp³-hybridized carbons (Fsp3) is 0.448. The normalized spacial score (nSPS) is 13.0. The number of anilines is 4. The number of piperazine rings is 1. The SMILES string of the molecule is CC.COC(=O)CCC(=O)OCCN1CCN(c2cc(Nc3ncc(C(=O)Nc4c(C)cccc4Cl)s3)nc(C)n2)CC1. The molecule has 3 aromatic rings. The Hall–Kier alpha value is -3.81. The molecule has 1 aliphatic rings. The van der Waals surface area contributed by atoms with Crippen molar-refractivity contribution >= 4 is 63.2 Å². The molecule has 1 amide bonds. The summed E-state index contributed by atoms with van der Waals surface area (Å²) >= 11 is 7.45. The van der Waals surface area contributed by atoms with Gasteiger partial charge in [0.25, 0.3) is 5.91 Å². The number of thiazole rings is 1. The van der Waals surface area contributed by atoms with Crippen molar-refractivity contribution < 1.29 is 23.9 Å². The van der Waals surface area contributed by atoms with Crippen LogP contribution in [-0.2, 0) is 19.1 Å². The molecule has 0 saturated carbocycles. The van der Waals surface area contributed by atoms with E-state index in [9.17, 15) is 14.4 Å². The summed E-state index contributed by atoms with van der Waals surface area (Å²) < 4.78 is 9.76. The number of esters is 2. The zero-order chi connectivity index (χ0) is 31.4. The molecule has 2 N–H and O–H groups in total. The van der Waals surface area contributed by atoms with Crippen LogP contribution in [0.3, 0.4) is 0 Å². The molecule has 0 spiro atoms. The number of benzene rings is 1. The molecule has 1 fully saturated rings. The van der Waals surface area contributed by atoms with Crippen LogP contribution in [0.25, 0.3) is 0 Å². The lowest BCUT2D eigenvalue weighted by Gasteiger charge is -2.35. The van der Waals surface area contributed by atoms with E-state index >= 15 is 0 Å². The van der Waals surface area contributed by atoms with Crippen molar-refractivity contribution in [3.8, 4) is 0 Å². The molecule has 1 aliphatic heterocycles. The number of hydrogen-bond donors (Lipinski definition) is 2. The van der Waals surface area contributed by atoms with Gasteiger partial charge in [0.1, 0.15) is 28.9 Å². The maximum atomic E-state index is 12.8. The number of rotatable bonds is 11. The van der Waals surface area contributed by atoms with Gasteiger partial charge in [-0.1, -0.05) is 48.9 Å². The third kappa shape index (κ3) is 10.2. The van der Waals surface area contributed by atoms with Gasteiger partial charge in [-0.2, -0.15) is 0 Å². The summed E-state index contributed by atoms with van der Waals surface area (Å²) in [5.41, 5.74) is 1.45. The molecule has 0 aliphatic carbocycles. The summed E-state index contributed by atoms with van der Waals surface area (Å²) in [7, 11) is 1.29. The van der Waals surface area contributed by atoms with E-state index in [4.69, 9.17) is 16.3 Å². The molecule has 0 radical (unpaired) electrons. The topological polar surface area (TPSA) is 139 Å². The van der Waals surface area contributed by atoms with Gasteiger partial charge in [0, 0.05) is 38.8 Å². The van der Waals surface area contributed by atoms with Gasteiger partial charge in [-0.05, 0) is 25.5 Å². The molecule has 0 bridgehead atoms. The highest BCUT2D eigenvalue weighted by Gasteiger charge is 2.20. The highest BCUT2D eigenvalue weighted by atomic mass is 35.5. The fourth-order valence-corrected chi connectivity index (χ4v) is 5.14. The van der Waals surface area contributed by atoms with Crippen LogP contribution in [0.5, 0.6) is 0 Å². The second-order valence-corrected chi connectivity index (χ2v) is 10.8. The van der Waals surface area contributed by atoms with Gasteiger partial charge in [-0.15, -0.1) is 0 Å². The molecule has 14 heteroatoms. The number of ether oxygens (including phenoxy) is 2. The quantitative estimate of drug-likeness (QED) is 0.281. The van der Waals surface area contributed by atoms with E-state index in [2.05, 4.69) is 40.1 Å². The van der Waals surface area contributed by atoms with Crippen molar-refractivity contribution in [2.45, 2.75) is 40.5 Å². The number of nitrogens with zero attached hydrogens (tertiary/aromatic N) is 5. The Balaban J connectivity index is 0.00000248. The highest BCUT2D eigenvalue weighted by Crippen LogP contribution is 2.28. The summed E-state index contributed by atoms with van der Waals surface area (Å²) in [5.74, 6) is 0.846. The number of para-hydroxylation sites is 1. The van der Waals surface area contributed by atoms with E-state index in [1.54, 1.807) is 6.07 Å². The summed E-state index contributed by atoms with van der Waals surface area (Å²) in [6.07, 6.45) is 1.55. The van der Waals surface area contributed by atoms with Gasteiger partial charge in [0.2, 0.25) is 0 Å². The Kier molecular flexibility index (Phi) is 13.1. The average molecular weight is 632 g/mol. The van der Waals surface area contributed by atoms with Crippen LogP contribution >= 0.6 is 22.9 Å². The van der Waals surface area contributed by atoms with Crippen LogP contribution in [-0.4, -0.2) is 84.1 Å². The average Bonchev–Trinajstić information content (AvgIpc) is 3.47. The predicted molar refractivity (Wildman–Crippen MR) is 169 cm³/mol. The number of carbonyl (C=O) groups is 3. The van der Waals surface area contributed by atoms with Crippen LogP contribution in [0.4, 0.5) is 22.5 Å². The first-order valence-corrected chi connectivity index (χ1v) is 15.3. The first kappa shape index (κ1) is 33.7. The Labute approximate surface area is 260 Å². The van der Waals surface area contributed by atoms with E-state index in [1.807, 2.05) is 45.9 Å². The van der Waals surface area contributed by atoms with Crippen molar-refractivity contribution in [2.24, 2.45) is 0 Å². The molecule has 1 aromatic carbocycles. The van der Waals surface area contributed by atoms with Crippen LogP contribution in [0, 0.1) is 13.8 Å². The molecule has 0 atom stereocenters. The third-order valence-corrected chi connectivity index (χ3v) is 7.60. The third-order valence-electron chi connectivity index (χ3n) is 6.38. The smallest absolute Gasteiger partial charge is 0.306 e. The highest BCUT2D eigenvalue weighted by molar-refractivity contribution is 7.17. The Morgan fingerprint density at radius 1 is 1.05 bits per heavy atom. The summed E-state index contributed by atoms with van der Waals surface area (Å²) in [4.78, 5) is 53.9. The largest absolute Gasteiger partial charge is 0.469 e. The number of hydrogen-bond acceptors (Lipinski definition) is 12. The van der Waals surface area contributed by atoms with E-state index in [0.29, 0.717) is 38.9 Å². The number of methoxy groups -OCH3 is 1. The zero-order valence-electron chi connectivity index (χ0n) is 25.1. The number of amides is 1. The number of aryl methyl sites for hydroxylation is 2. The van der Waals surface area contributed by atoms with Crippen molar-refractivity contribution in [2.75, 3.05) is 62.0 Å². The molecule has 3 heterocycles. The minimum absolute atomic E-state index is 0.0155. The lowest BCUT2D eigenvalue weighted by molar-refractivity contribution is -0.149. The van der Waals surface area contributed by atoms with E-state index in [1.165, 1.54) is 24.6 Å². The van der Waals surface area contributed by atoms with Crippen molar-refractivity contribution in [3.63, 3.8) is 0 Å². The second kappa shape index (κ2) is 16.7. The molecule has 43 heavy (non-hydrogen) atoms. The Morgan fingerprint density at radius 2 is 1.77 bits per heavy atom. The van der Waals surface area contributed by atoms with Crippen molar-refractivity contribution in [3.05, 3.63) is 51.7 Å². The number of carbonyl (C=O) groups excluding carboxylic acids is 3. The lowest BCUT2D eigenvalue weighted by Crippen LogP contribution is -2.47. The molecular weight excluding hydrogens is 594 g/mol. The molecule has 232 valence electrons. The molecule has 2 aromatic heterocycles. The molecule has 1 saturated heterocycles. The van der Waals surface area contributed by atoms with Gasteiger partial charge >= 0.3 is 11.9 Å². The minimum atomic E-state index is -0.431. The number of aromatic nitrogens is 3. The fourth-order valence-electron chi connectivity index (χ4n) is 4.16. The molecule has 4 rings (SSSR count). The molecule has 0 unspecified atom stereocenters. The van der Waals surface area contributed by atoms with Crippen molar-refractivity contribution in [1.29, 1.82) is 0 Å². The standard InChI is InChI=1S/C27H32ClN7O5S.C2H6/c1-17-5-4-6-19(28)25(17)33-26(38)20-16-29-27(41-20)32-21-15-22(31-18(2)30-21)35-11-9-34(10-12-35)13-14-40-24(37)8-7-23(36)39-3;1-2/h4-6,15-16H,7-14H2,1-3H3,(H,33,38)(H,29,30,31,32);1-2H3. The van der Waals surface area contributed by atoms with Gasteiger partial charge in [-0.3, -0.25) is 19.3 Å². The van der Waals surface area contributed by atoms with Gasteiger partial charge in [0.15, 0.2) is 5.13 Å². The van der Waals surface area contributed by atoms with Crippen LogP contribution in [0.2, 0.25) is 5.02 Å². The monoisotopic (exact) mass is 631 g/mol. The zero-order valence-corrected chi connectivity index (χ0v) is 26.7. The van der Waals surface area contributed by atoms with Crippen LogP contribution in [0.1, 0.15) is 47.7 Å². The second-order valence-electron chi connectivity index (χ2n) is 9.32. The number of halogens is 1. The Bertz CT molecular complexity index is 1380. The van der Waals surface area contributed by atoms with Crippen molar-refractivity contribution in [1.82, 2.24) is 19.9 Å². The number of nitrogens with one attached hydrogen (secondary N) is 2. The van der Waals surface area contributed by atoms with Crippen LogP contribution < -0.4 is 15.5 Å². The predicted octanol–water partition coefficient (Wildman–Crippen LogP) is 4.84. The first-order chi connectivity index (χ1) is 20.7. The van der Waals surface area contributed by atoms with Gasteiger partial charge in [0.05, 0.1) is 36.9 Å². The van der Waals surface area contributed by atoms with E-state index < -0.39 is 11.9 Å².